The second kappa shape index (κ2) is 8.96. The van der Waals surface area contributed by atoms with Gasteiger partial charge in [-0.25, -0.2) is 0 Å². The average molecular weight is 416 g/mol. The summed E-state index contributed by atoms with van der Waals surface area (Å²) in [5, 5.41) is 7.58. The van der Waals surface area contributed by atoms with E-state index in [4.69, 9.17) is 20.8 Å². The number of rotatable bonds is 7. The summed E-state index contributed by atoms with van der Waals surface area (Å²) in [6.45, 7) is 3.58. The fourth-order valence-electron chi connectivity index (χ4n) is 2.89. The number of ether oxygens (including phenoxy) is 1. The van der Waals surface area contributed by atoms with Crippen LogP contribution in [-0.4, -0.2) is 28.3 Å². The molecule has 0 bridgehead atoms. The first kappa shape index (κ1) is 20.7. The third-order valence-corrected chi connectivity index (χ3v) is 4.85. The predicted molar refractivity (Wildman–Crippen MR) is 108 cm³/mol. The molecule has 0 atom stereocenters. The summed E-state index contributed by atoms with van der Waals surface area (Å²) in [6, 6.07) is 10.9. The molecule has 7 nitrogen and oxygen atoms in total. The van der Waals surface area contributed by atoms with Crippen LogP contribution in [0.3, 0.4) is 0 Å². The third-order valence-electron chi connectivity index (χ3n) is 4.59. The highest BCUT2D eigenvalue weighted by atomic mass is 35.5. The molecule has 29 heavy (non-hydrogen) atoms. The molecule has 2 heterocycles. The smallest absolute Gasteiger partial charge is 0.310 e. The topological polar surface area (TPSA) is 86.4 Å². The van der Waals surface area contributed by atoms with E-state index in [1.165, 1.54) is 0 Å². The normalized spacial score (nSPS) is 10.8. The van der Waals surface area contributed by atoms with Crippen molar-refractivity contribution in [3.8, 4) is 11.3 Å². The zero-order valence-electron chi connectivity index (χ0n) is 16.5. The quantitative estimate of drug-likeness (QED) is 0.598. The van der Waals surface area contributed by atoms with Crippen molar-refractivity contribution in [3.05, 3.63) is 64.1 Å². The summed E-state index contributed by atoms with van der Waals surface area (Å²) >= 11 is 5.88. The van der Waals surface area contributed by atoms with Gasteiger partial charge in [0.25, 0.3) is 5.91 Å². The molecule has 0 aliphatic rings. The minimum atomic E-state index is -0.470. The van der Waals surface area contributed by atoms with E-state index >= 15 is 0 Å². The second-order valence-electron chi connectivity index (χ2n) is 6.66. The monoisotopic (exact) mass is 415 g/mol. The van der Waals surface area contributed by atoms with Crippen LogP contribution in [0.1, 0.15) is 22.7 Å². The number of carbonyl (C=O) groups excluding carboxylic acids is 2. The van der Waals surface area contributed by atoms with Crippen molar-refractivity contribution in [2.45, 2.75) is 26.8 Å². The minimum Gasteiger partial charge on any atom is -0.459 e. The Hall–Kier alpha value is -3.06. The molecule has 0 fully saturated rings. The van der Waals surface area contributed by atoms with E-state index in [9.17, 15) is 9.59 Å². The van der Waals surface area contributed by atoms with Crippen LogP contribution < -0.4 is 5.32 Å². The number of hydrogen-bond acceptors (Lipinski definition) is 5. The number of benzene rings is 1. The van der Waals surface area contributed by atoms with Crippen LogP contribution in [0.4, 0.5) is 0 Å². The van der Waals surface area contributed by atoms with E-state index in [2.05, 4.69) is 10.4 Å². The standard InChI is InChI=1S/C21H22ClN3O4/c1-13-18(14(2)25(3)24-13)10-21(27)28-12-20(26)23-11-17-8-9-19(29-17)15-4-6-16(22)7-5-15/h4-9H,10-12H2,1-3H3,(H,23,26). The van der Waals surface area contributed by atoms with Gasteiger partial charge < -0.3 is 14.5 Å². The maximum Gasteiger partial charge on any atom is 0.310 e. The lowest BCUT2D eigenvalue weighted by Gasteiger charge is -2.06. The molecule has 3 aromatic rings. The lowest BCUT2D eigenvalue weighted by atomic mass is 10.1. The summed E-state index contributed by atoms with van der Waals surface area (Å²) in [7, 11) is 1.82. The van der Waals surface area contributed by atoms with Crippen LogP contribution in [0.15, 0.2) is 40.8 Å². The number of amides is 1. The number of nitrogens with one attached hydrogen (secondary N) is 1. The Balaban J connectivity index is 1.45. The number of hydrogen-bond donors (Lipinski definition) is 1. The van der Waals surface area contributed by atoms with Gasteiger partial charge in [0.05, 0.1) is 18.7 Å². The highest BCUT2D eigenvalue weighted by molar-refractivity contribution is 6.30. The van der Waals surface area contributed by atoms with Crippen molar-refractivity contribution >= 4 is 23.5 Å². The molecule has 1 N–H and O–H groups in total. The summed E-state index contributed by atoms with van der Waals surface area (Å²) in [4.78, 5) is 24.0. The molecule has 1 amide bonds. The first-order valence-corrected chi connectivity index (χ1v) is 9.47. The van der Waals surface area contributed by atoms with Crippen molar-refractivity contribution in [2.75, 3.05) is 6.61 Å². The molecule has 0 aliphatic heterocycles. The van der Waals surface area contributed by atoms with Gasteiger partial charge in [0.15, 0.2) is 6.61 Å². The maximum absolute atomic E-state index is 12.0. The highest BCUT2D eigenvalue weighted by Gasteiger charge is 2.15. The fraction of sp³-hybridized carbons (Fsp3) is 0.286. The van der Waals surface area contributed by atoms with Crippen molar-refractivity contribution in [2.24, 2.45) is 7.05 Å². The molecule has 3 rings (SSSR count). The van der Waals surface area contributed by atoms with Gasteiger partial charge in [-0.15, -0.1) is 0 Å². The van der Waals surface area contributed by atoms with Crippen molar-refractivity contribution in [3.63, 3.8) is 0 Å². The van der Waals surface area contributed by atoms with Gasteiger partial charge in [-0.3, -0.25) is 14.3 Å². The number of nitrogens with zero attached hydrogens (tertiary/aromatic N) is 2. The molecule has 0 radical (unpaired) electrons. The number of esters is 1. The summed E-state index contributed by atoms with van der Waals surface area (Å²) in [5.74, 6) is 0.403. The molecule has 0 spiro atoms. The number of carbonyl (C=O) groups is 2. The molecule has 2 aromatic heterocycles. The Labute approximate surface area is 173 Å². The SMILES string of the molecule is Cc1nn(C)c(C)c1CC(=O)OCC(=O)NCc1ccc(-c2ccc(Cl)cc2)o1. The van der Waals surface area contributed by atoms with Crippen molar-refractivity contribution in [1.82, 2.24) is 15.1 Å². The minimum absolute atomic E-state index is 0.0847. The van der Waals surface area contributed by atoms with E-state index in [0.717, 1.165) is 22.5 Å². The largest absolute Gasteiger partial charge is 0.459 e. The molecular weight excluding hydrogens is 394 g/mol. The molecule has 152 valence electrons. The van der Waals surface area contributed by atoms with Crippen LogP contribution in [0.5, 0.6) is 0 Å². The number of aromatic nitrogens is 2. The molecule has 0 saturated heterocycles. The van der Waals surface area contributed by atoms with Gasteiger partial charge in [-0.05, 0) is 50.2 Å². The van der Waals surface area contributed by atoms with Crippen molar-refractivity contribution in [1.29, 1.82) is 0 Å². The Kier molecular flexibility index (Phi) is 6.39. The summed E-state index contributed by atoms with van der Waals surface area (Å²) in [6.07, 6.45) is 0.0847. The van der Waals surface area contributed by atoms with Crippen LogP contribution in [-0.2, 0) is 34.3 Å². The zero-order chi connectivity index (χ0) is 21.0. The second-order valence-corrected chi connectivity index (χ2v) is 7.10. The first-order valence-electron chi connectivity index (χ1n) is 9.09. The van der Waals surface area contributed by atoms with E-state index in [1.54, 1.807) is 22.9 Å². The van der Waals surface area contributed by atoms with Gasteiger partial charge in [-0.1, -0.05) is 11.6 Å². The lowest BCUT2D eigenvalue weighted by Crippen LogP contribution is -2.28. The molecule has 0 aliphatic carbocycles. The van der Waals surface area contributed by atoms with Crippen molar-refractivity contribution < 1.29 is 18.7 Å². The predicted octanol–water partition coefficient (Wildman–Crippen LogP) is 3.35. The third kappa shape index (κ3) is 5.26. The zero-order valence-corrected chi connectivity index (χ0v) is 17.2. The van der Waals surface area contributed by atoms with Gasteiger partial charge in [0.1, 0.15) is 11.5 Å². The number of furan rings is 1. The molecule has 0 saturated carbocycles. The first-order chi connectivity index (χ1) is 13.8. The van der Waals surface area contributed by atoms with Gasteiger partial charge in [0, 0.05) is 28.9 Å². The van der Waals surface area contributed by atoms with Crippen LogP contribution in [0.25, 0.3) is 11.3 Å². The highest BCUT2D eigenvalue weighted by Crippen LogP contribution is 2.23. The van der Waals surface area contributed by atoms with E-state index in [-0.39, 0.29) is 19.6 Å². The summed E-state index contributed by atoms with van der Waals surface area (Å²) in [5.41, 5.74) is 3.39. The van der Waals surface area contributed by atoms with Crippen LogP contribution in [0.2, 0.25) is 5.02 Å². The molecule has 0 unspecified atom stereocenters. The van der Waals surface area contributed by atoms with Crippen LogP contribution >= 0.6 is 11.6 Å². The Morgan fingerprint density at radius 2 is 1.90 bits per heavy atom. The molecule has 8 heteroatoms. The maximum atomic E-state index is 12.0. The summed E-state index contributed by atoms with van der Waals surface area (Å²) < 4.78 is 12.5. The average Bonchev–Trinajstić information content (AvgIpc) is 3.26. The van der Waals surface area contributed by atoms with Crippen LogP contribution in [0, 0.1) is 13.8 Å². The Morgan fingerprint density at radius 1 is 1.17 bits per heavy atom. The lowest BCUT2D eigenvalue weighted by molar-refractivity contribution is -0.147. The Bertz CT molecular complexity index is 1020. The number of aryl methyl sites for hydroxylation is 2. The fourth-order valence-corrected chi connectivity index (χ4v) is 3.02. The molecular formula is C21H22ClN3O4. The van der Waals surface area contributed by atoms with E-state index < -0.39 is 11.9 Å². The molecule has 1 aromatic carbocycles. The van der Waals surface area contributed by atoms with E-state index in [0.29, 0.717) is 16.5 Å². The number of halogens is 1. The van der Waals surface area contributed by atoms with E-state index in [1.807, 2.05) is 39.1 Å². The van der Waals surface area contributed by atoms with Gasteiger partial charge in [-0.2, -0.15) is 5.10 Å². The Morgan fingerprint density at radius 3 is 2.55 bits per heavy atom. The van der Waals surface area contributed by atoms with Gasteiger partial charge in [0.2, 0.25) is 0 Å². The van der Waals surface area contributed by atoms with Gasteiger partial charge >= 0.3 is 5.97 Å².